The van der Waals surface area contributed by atoms with Gasteiger partial charge in [-0.15, -0.1) is 0 Å². The van der Waals surface area contributed by atoms with Crippen LogP contribution in [0.5, 0.6) is 0 Å². The third-order valence-corrected chi connectivity index (χ3v) is 4.04. The Labute approximate surface area is 119 Å². The number of benzene rings is 1. The minimum absolute atomic E-state index is 0.269. The van der Waals surface area contributed by atoms with E-state index in [1.165, 1.54) is 25.8 Å². The van der Waals surface area contributed by atoms with Crippen molar-refractivity contribution in [3.8, 4) is 0 Å². The number of carbonyl (C=O) groups is 1. The van der Waals surface area contributed by atoms with Crippen molar-refractivity contribution >= 4 is 28.4 Å². The lowest BCUT2D eigenvalue weighted by Gasteiger charge is -2.13. The zero-order chi connectivity index (χ0) is 13.6. The number of carbonyl (C=O) groups excluding carboxylic acids is 1. The summed E-state index contributed by atoms with van der Waals surface area (Å²) >= 11 is 2.37. The Kier molecular flexibility index (Phi) is 7.68. The van der Waals surface area contributed by atoms with Gasteiger partial charge >= 0.3 is 0 Å². The van der Waals surface area contributed by atoms with Crippen molar-refractivity contribution < 1.29 is 4.79 Å². The Hall–Kier alpha value is -0.380. The molecule has 0 radical (unpaired) electrons. The fourth-order valence-electron chi connectivity index (χ4n) is 1.77. The number of rotatable bonds is 3. The minimum Gasteiger partial charge on any atom is -0.300 e. The van der Waals surface area contributed by atoms with E-state index in [0.29, 0.717) is 6.42 Å². The smallest absolute Gasteiger partial charge is 0.130 e. The van der Waals surface area contributed by atoms with Crippen molar-refractivity contribution in [1.29, 1.82) is 0 Å². The Bertz CT molecular complexity index is 394. The van der Waals surface area contributed by atoms with Crippen molar-refractivity contribution in [2.24, 2.45) is 0 Å². The number of hydrogen-bond donors (Lipinski definition) is 0. The number of ketones is 1. The lowest BCUT2D eigenvalue weighted by Crippen LogP contribution is -2.02. The molecule has 0 spiro atoms. The lowest BCUT2D eigenvalue weighted by atomic mass is 9.94. The SMILES string of the molecule is CC.CC(=O)CCc1c(C)cc(I)c(C)c1C. The molecule has 0 unspecified atom stereocenters. The fourth-order valence-corrected chi connectivity index (χ4v) is 2.64. The average molecular weight is 346 g/mol. The second-order valence-electron chi connectivity index (χ2n) is 4.11. The summed E-state index contributed by atoms with van der Waals surface area (Å²) in [7, 11) is 0. The van der Waals surface area contributed by atoms with Crippen molar-refractivity contribution in [2.75, 3.05) is 0 Å². The van der Waals surface area contributed by atoms with Crippen LogP contribution in [-0.4, -0.2) is 5.78 Å². The van der Waals surface area contributed by atoms with E-state index in [1.807, 2.05) is 13.8 Å². The van der Waals surface area contributed by atoms with Crippen molar-refractivity contribution in [2.45, 2.75) is 54.4 Å². The molecule has 17 heavy (non-hydrogen) atoms. The molecule has 0 bridgehead atoms. The van der Waals surface area contributed by atoms with Crippen LogP contribution in [0, 0.1) is 24.3 Å². The highest BCUT2D eigenvalue weighted by Gasteiger charge is 2.09. The zero-order valence-electron chi connectivity index (χ0n) is 11.8. The maximum atomic E-state index is 11.0. The van der Waals surface area contributed by atoms with E-state index in [4.69, 9.17) is 0 Å². The van der Waals surface area contributed by atoms with Crippen LogP contribution in [0.1, 0.15) is 49.4 Å². The monoisotopic (exact) mass is 346 g/mol. The molecule has 1 rings (SSSR count). The van der Waals surface area contributed by atoms with Crippen LogP contribution in [0.25, 0.3) is 0 Å². The summed E-state index contributed by atoms with van der Waals surface area (Å²) in [6.07, 6.45) is 1.53. The number of hydrogen-bond acceptors (Lipinski definition) is 1. The van der Waals surface area contributed by atoms with Gasteiger partial charge in [0, 0.05) is 9.99 Å². The molecule has 0 amide bonds. The standard InChI is InChI=1S/C13H17IO.C2H6/c1-8-7-13(14)11(4)10(3)12(8)6-5-9(2)15;1-2/h7H,5-6H2,1-4H3;1-2H3. The maximum absolute atomic E-state index is 11.0. The number of halogens is 1. The van der Waals surface area contributed by atoms with Crippen LogP contribution in [0.2, 0.25) is 0 Å². The molecular formula is C15H23IO. The summed E-state index contributed by atoms with van der Waals surface area (Å²) < 4.78 is 1.31. The van der Waals surface area contributed by atoms with Gasteiger partial charge in [0.15, 0.2) is 0 Å². The molecule has 96 valence electrons. The van der Waals surface area contributed by atoms with Gasteiger partial charge in [0.2, 0.25) is 0 Å². The molecule has 0 saturated heterocycles. The second-order valence-corrected chi connectivity index (χ2v) is 5.27. The van der Waals surface area contributed by atoms with Gasteiger partial charge in [-0.3, -0.25) is 0 Å². The van der Waals surface area contributed by atoms with Gasteiger partial charge in [-0.05, 0) is 85.0 Å². The molecule has 0 aliphatic carbocycles. The largest absolute Gasteiger partial charge is 0.300 e. The Morgan fingerprint density at radius 3 is 2.18 bits per heavy atom. The van der Waals surface area contributed by atoms with Gasteiger partial charge < -0.3 is 4.79 Å². The second kappa shape index (κ2) is 7.85. The topological polar surface area (TPSA) is 17.1 Å². The molecule has 1 aromatic carbocycles. The lowest BCUT2D eigenvalue weighted by molar-refractivity contribution is -0.116. The van der Waals surface area contributed by atoms with Crippen LogP contribution < -0.4 is 0 Å². The Morgan fingerprint density at radius 2 is 1.71 bits per heavy atom. The quantitative estimate of drug-likeness (QED) is 0.721. The van der Waals surface area contributed by atoms with E-state index in [9.17, 15) is 4.79 Å². The summed E-state index contributed by atoms with van der Waals surface area (Å²) in [6.45, 7) is 12.1. The van der Waals surface area contributed by atoms with E-state index in [-0.39, 0.29) is 5.78 Å². The van der Waals surface area contributed by atoms with Gasteiger partial charge in [-0.25, -0.2) is 0 Å². The highest BCUT2D eigenvalue weighted by Crippen LogP contribution is 2.24. The van der Waals surface area contributed by atoms with Crippen molar-refractivity contribution in [3.05, 3.63) is 31.9 Å². The van der Waals surface area contributed by atoms with E-state index in [1.54, 1.807) is 6.92 Å². The first kappa shape index (κ1) is 16.6. The number of aryl methyl sites for hydroxylation is 1. The van der Waals surface area contributed by atoms with E-state index in [2.05, 4.69) is 49.4 Å². The summed E-state index contributed by atoms with van der Waals surface area (Å²) in [5.74, 6) is 0.269. The molecule has 0 saturated carbocycles. The molecule has 0 aromatic heterocycles. The molecule has 1 aromatic rings. The van der Waals surface area contributed by atoms with Crippen LogP contribution in [0.3, 0.4) is 0 Å². The molecule has 0 fully saturated rings. The third kappa shape index (κ3) is 4.78. The van der Waals surface area contributed by atoms with Crippen LogP contribution in [-0.2, 0) is 11.2 Å². The average Bonchev–Trinajstić information content (AvgIpc) is 2.28. The predicted octanol–water partition coefficient (Wildman–Crippen LogP) is 4.76. The summed E-state index contributed by atoms with van der Waals surface area (Å²) in [6, 6.07) is 2.21. The summed E-state index contributed by atoms with van der Waals surface area (Å²) in [5, 5.41) is 0. The molecule has 1 nitrogen and oxygen atoms in total. The van der Waals surface area contributed by atoms with Gasteiger partial charge in [0.05, 0.1) is 0 Å². The minimum atomic E-state index is 0.269. The van der Waals surface area contributed by atoms with Gasteiger partial charge in [0.1, 0.15) is 5.78 Å². The van der Waals surface area contributed by atoms with Crippen molar-refractivity contribution in [1.82, 2.24) is 0 Å². The van der Waals surface area contributed by atoms with Crippen molar-refractivity contribution in [3.63, 3.8) is 0 Å². The Balaban J connectivity index is 0.00000121. The molecule has 0 N–H and O–H groups in total. The van der Waals surface area contributed by atoms with E-state index < -0.39 is 0 Å². The molecule has 0 atom stereocenters. The molecule has 0 heterocycles. The van der Waals surface area contributed by atoms with E-state index >= 15 is 0 Å². The zero-order valence-corrected chi connectivity index (χ0v) is 13.9. The molecule has 2 heteroatoms. The maximum Gasteiger partial charge on any atom is 0.130 e. The third-order valence-electron chi connectivity index (χ3n) is 2.92. The van der Waals surface area contributed by atoms with E-state index in [0.717, 1.165) is 6.42 Å². The van der Waals surface area contributed by atoms with Gasteiger partial charge in [-0.2, -0.15) is 0 Å². The molecule has 0 aliphatic heterocycles. The number of Topliss-reactive ketones (excluding diaryl/α,β-unsaturated/α-hetero) is 1. The highest BCUT2D eigenvalue weighted by molar-refractivity contribution is 14.1. The summed E-state index contributed by atoms with van der Waals surface area (Å²) in [5.41, 5.74) is 5.35. The highest BCUT2D eigenvalue weighted by atomic mass is 127. The van der Waals surface area contributed by atoms with Crippen LogP contribution in [0.4, 0.5) is 0 Å². The summed E-state index contributed by atoms with van der Waals surface area (Å²) in [4.78, 5) is 11.0. The first-order valence-electron chi connectivity index (χ1n) is 6.18. The predicted molar refractivity (Wildman–Crippen MR) is 83.7 cm³/mol. The first-order chi connectivity index (χ1) is 7.93. The van der Waals surface area contributed by atoms with Gasteiger partial charge in [-0.1, -0.05) is 13.8 Å². The van der Waals surface area contributed by atoms with Crippen LogP contribution >= 0.6 is 22.6 Å². The fraction of sp³-hybridized carbons (Fsp3) is 0.533. The molecule has 0 aliphatic rings. The van der Waals surface area contributed by atoms with Gasteiger partial charge in [0.25, 0.3) is 0 Å². The normalized spacial score (nSPS) is 9.59. The first-order valence-corrected chi connectivity index (χ1v) is 7.26. The van der Waals surface area contributed by atoms with Crippen LogP contribution in [0.15, 0.2) is 6.07 Å². The molecular weight excluding hydrogens is 323 g/mol. The Morgan fingerprint density at radius 1 is 1.18 bits per heavy atom.